The first kappa shape index (κ1) is 26.9. The Morgan fingerprint density at radius 1 is 1.23 bits per heavy atom. The molecule has 1 amide bonds. The number of carbonyl (C=O) groups excluding carboxylic acids is 2. The van der Waals surface area contributed by atoms with E-state index < -0.39 is 23.4 Å². The van der Waals surface area contributed by atoms with E-state index in [0.29, 0.717) is 54.1 Å². The second kappa shape index (κ2) is 10.6. The van der Waals surface area contributed by atoms with E-state index in [0.717, 1.165) is 23.3 Å². The number of fused-ring (bicyclic) bond motifs is 1. The maximum absolute atomic E-state index is 14.3. The molecule has 0 bridgehead atoms. The summed E-state index contributed by atoms with van der Waals surface area (Å²) in [5, 5.41) is 10.1. The molecule has 4 aliphatic rings. The Morgan fingerprint density at radius 2 is 1.98 bits per heavy atom. The molecule has 3 aliphatic heterocycles. The molecule has 2 fully saturated rings. The fraction of sp³-hybridized carbons (Fsp3) is 0.517. The van der Waals surface area contributed by atoms with Crippen molar-refractivity contribution in [3.63, 3.8) is 0 Å². The van der Waals surface area contributed by atoms with E-state index in [1.807, 2.05) is 31.2 Å². The van der Waals surface area contributed by atoms with Crippen LogP contribution >= 0.6 is 11.3 Å². The Bertz CT molecular complexity index is 1370. The van der Waals surface area contributed by atoms with Crippen LogP contribution in [0.15, 0.2) is 29.3 Å². The van der Waals surface area contributed by atoms with Gasteiger partial charge in [-0.1, -0.05) is 18.2 Å². The maximum Gasteiger partial charge on any atom is 0.306 e. The van der Waals surface area contributed by atoms with Crippen LogP contribution in [0, 0.1) is 18.3 Å². The number of nitrogens with zero attached hydrogens (tertiary/aromatic N) is 2. The highest BCUT2D eigenvalue weighted by Gasteiger charge is 2.63. The van der Waals surface area contributed by atoms with E-state index >= 15 is 0 Å². The van der Waals surface area contributed by atoms with Crippen LogP contribution in [0.3, 0.4) is 0 Å². The third-order valence-electron chi connectivity index (χ3n) is 8.37. The molecule has 2 aromatic rings. The first-order chi connectivity index (χ1) is 19.3. The van der Waals surface area contributed by atoms with E-state index in [4.69, 9.17) is 18.9 Å². The second-order valence-electron chi connectivity index (χ2n) is 10.7. The average Bonchev–Trinajstić information content (AvgIpc) is 3.58. The monoisotopic (exact) mass is 568 g/mol. The van der Waals surface area contributed by atoms with Crippen molar-refractivity contribution >= 4 is 39.9 Å². The fourth-order valence-corrected chi connectivity index (χ4v) is 7.43. The molecule has 6 rings (SSSR count). The van der Waals surface area contributed by atoms with E-state index in [9.17, 15) is 19.5 Å². The number of para-hydroxylation sites is 1. The second-order valence-corrected chi connectivity index (χ2v) is 11.7. The summed E-state index contributed by atoms with van der Waals surface area (Å²) >= 11 is 1.32. The predicted molar refractivity (Wildman–Crippen MR) is 147 cm³/mol. The molecule has 1 saturated carbocycles. The van der Waals surface area contributed by atoms with Gasteiger partial charge < -0.3 is 24.1 Å². The molecule has 1 saturated heterocycles. The molecule has 40 heavy (non-hydrogen) atoms. The lowest BCUT2D eigenvalue weighted by atomic mass is 9.56. The van der Waals surface area contributed by atoms with Crippen molar-refractivity contribution in [1.29, 1.82) is 0 Å². The summed E-state index contributed by atoms with van der Waals surface area (Å²) < 4.78 is 23.6. The molecule has 1 aliphatic carbocycles. The Morgan fingerprint density at radius 3 is 2.65 bits per heavy atom. The molecule has 1 aromatic carbocycles. The highest BCUT2D eigenvalue weighted by molar-refractivity contribution is 7.19. The van der Waals surface area contributed by atoms with Crippen LogP contribution in [0.5, 0.6) is 5.75 Å². The first-order valence-electron chi connectivity index (χ1n) is 13.6. The zero-order chi connectivity index (χ0) is 28.0. The molecule has 1 aromatic heterocycles. The van der Waals surface area contributed by atoms with Crippen molar-refractivity contribution in [3.8, 4) is 5.75 Å². The van der Waals surface area contributed by atoms with Gasteiger partial charge in [-0.25, -0.2) is 4.99 Å². The van der Waals surface area contributed by atoms with Gasteiger partial charge in [-0.05, 0) is 44.2 Å². The third kappa shape index (κ3) is 4.40. The molecule has 10 nitrogen and oxygen atoms in total. The first-order valence-corrected chi connectivity index (χ1v) is 14.4. The lowest BCUT2D eigenvalue weighted by Crippen LogP contribution is -2.60. The van der Waals surface area contributed by atoms with Crippen molar-refractivity contribution in [2.24, 2.45) is 16.3 Å². The SMILES string of the molecule is COc1ccccc1C(CN1C(=O)C2(CC(C(=O)O)C2)C(=O)c2c1sc(C1=NCCO1)c2C)OC1CCOCC1. The highest BCUT2D eigenvalue weighted by Crippen LogP contribution is 2.56. The number of thiophene rings is 1. The largest absolute Gasteiger partial charge is 0.496 e. The molecule has 4 heterocycles. The van der Waals surface area contributed by atoms with Gasteiger partial charge in [0, 0.05) is 18.8 Å². The van der Waals surface area contributed by atoms with Gasteiger partial charge in [-0.3, -0.25) is 19.3 Å². The minimum Gasteiger partial charge on any atom is -0.496 e. The fourth-order valence-electron chi connectivity index (χ4n) is 6.16. The number of amides is 1. The number of carboxylic acids is 1. The summed E-state index contributed by atoms with van der Waals surface area (Å²) in [6, 6.07) is 7.56. The van der Waals surface area contributed by atoms with Gasteiger partial charge in [0.1, 0.15) is 28.9 Å². The number of methoxy groups -OCH3 is 1. The van der Waals surface area contributed by atoms with Crippen molar-refractivity contribution in [3.05, 3.63) is 45.8 Å². The molecule has 1 N–H and O–H groups in total. The smallest absolute Gasteiger partial charge is 0.306 e. The number of ketones is 1. The van der Waals surface area contributed by atoms with Gasteiger partial charge >= 0.3 is 5.97 Å². The van der Waals surface area contributed by atoms with Crippen LogP contribution < -0.4 is 9.64 Å². The number of carbonyl (C=O) groups is 3. The Balaban J connectivity index is 1.43. The van der Waals surface area contributed by atoms with E-state index in [-0.39, 0.29) is 37.2 Å². The summed E-state index contributed by atoms with van der Waals surface area (Å²) in [6.45, 7) is 4.18. The van der Waals surface area contributed by atoms with Gasteiger partial charge in [-0.2, -0.15) is 0 Å². The third-order valence-corrected chi connectivity index (χ3v) is 9.67. The predicted octanol–water partition coefficient (Wildman–Crippen LogP) is 3.79. The van der Waals surface area contributed by atoms with Crippen LogP contribution in [-0.2, 0) is 23.8 Å². The van der Waals surface area contributed by atoms with Crippen molar-refractivity contribution in [2.45, 2.75) is 44.8 Å². The summed E-state index contributed by atoms with van der Waals surface area (Å²) in [4.78, 5) is 46.8. The summed E-state index contributed by atoms with van der Waals surface area (Å²) in [7, 11) is 1.60. The zero-order valence-corrected chi connectivity index (χ0v) is 23.3. The summed E-state index contributed by atoms with van der Waals surface area (Å²) in [5.74, 6) is -1.29. The number of aliphatic carboxylic acids is 1. The van der Waals surface area contributed by atoms with Crippen molar-refractivity contribution < 1.29 is 38.4 Å². The number of aliphatic imine (C=N–C) groups is 1. The van der Waals surface area contributed by atoms with Crippen LogP contribution in [-0.4, -0.2) is 74.8 Å². The van der Waals surface area contributed by atoms with Crippen molar-refractivity contribution in [2.75, 3.05) is 44.9 Å². The molecule has 1 atom stereocenters. The minimum absolute atomic E-state index is 0.0157. The number of carboxylic acid groups (broad SMARTS) is 1. The normalized spacial score (nSPS) is 25.3. The number of rotatable bonds is 8. The average molecular weight is 569 g/mol. The zero-order valence-electron chi connectivity index (χ0n) is 22.5. The number of ether oxygens (including phenoxy) is 4. The summed E-state index contributed by atoms with van der Waals surface area (Å²) in [6.07, 6.45) is 0.805. The standard InChI is InChI=1S/C29H32N2O8S/c1-16-22-24(32)29(13-17(14-29)27(33)34)28(35)31(26(22)40-23(16)25-30-9-12-38-25)15-21(39-18-7-10-37-11-8-18)19-5-3-4-6-20(19)36-2/h3-6,17-18,21H,7-15H2,1-2H3,(H,33,34). The Hall–Kier alpha value is -3.28. The Labute approximate surface area is 235 Å². The minimum atomic E-state index is -1.40. The maximum atomic E-state index is 14.3. The topological polar surface area (TPSA) is 124 Å². The van der Waals surface area contributed by atoms with Gasteiger partial charge in [0.05, 0.1) is 42.7 Å². The molecular formula is C29H32N2O8S. The van der Waals surface area contributed by atoms with E-state index in [1.165, 1.54) is 11.3 Å². The number of benzene rings is 1. The summed E-state index contributed by atoms with van der Waals surface area (Å²) in [5.41, 5.74) is 0.555. The van der Waals surface area contributed by atoms with Gasteiger partial charge in [0.25, 0.3) is 0 Å². The highest BCUT2D eigenvalue weighted by atomic mass is 32.1. The number of hydrogen-bond acceptors (Lipinski definition) is 9. The lowest BCUT2D eigenvalue weighted by molar-refractivity contribution is -0.152. The number of Topliss-reactive ketones (excluding diaryl/α,β-unsaturated/α-hetero) is 1. The quantitative estimate of drug-likeness (QED) is 0.477. The van der Waals surface area contributed by atoms with Gasteiger partial charge in [0.2, 0.25) is 11.8 Å². The van der Waals surface area contributed by atoms with Gasteiger partial charge in [0.15, 0.2) is 5.78 Å². The molecular weight excluding hydrogens is 536 g/mol. The van der Waals surface area contributed by atoms with Crippen LogP contribution in [0.2, 0.25) is 0 Å². The van der Waals surface area contributed by atoms with E-state index in [1.54, 1.807) is 12.0 Å². The number of hydrogen-bond donors (Lipinski definition) is 1. The van der Waals surface area contributed by atoms with E-state index in [2.05, 4.69) is 4.99 Å². The van der Waals surface area contributed by atoms with Crippen LogP contribution in [0.1, 0.15) is 58.1 Å². The molecule has 0 radical (unpaired) electrons. The molecule has 1 spiro atoms. The molecule has 11 heteroatoms. The molecule has 212 valence electrons. The number of anilines is 1. The van der Waals surface area contributed by atoms with Crippen molar-refractivity contribution in [1.82, 2.24) is 0 Å². The molecule has 1 unspecified atom stereocenters. The van der Waals surface area contributed by atoms with Crippen LogP contribution in [0.4, 0.5) is 5.00 Å². The van der Waals surface area contributed by atoms with Gasteiger partial charge in [-0.15, -0.1) is 11.3 Å². The Kier molecular flexibility index (Phi) is 7.14. The lowest BCUT2D eigenvalue weighted by Gasteiger charge is -2.48. The van der Waals surface area contributed by atoms with Crippen LogP contribution in [0.25, 0.3) is 0 Å².